The molecule has 0 bridgehead atoms. The minimum Gasteiger partial charge on any atom is -0.508 e. The van der Waals surface area contributed by atoms with Crippen LogP contribution in [0.4, 0.5) is 0 Å². The summed E-state index contributed by atoms with van der Waals surface area (Å²) in [6.45, 7) is 6.01. The molecule has 2 heteroatoms. The molecule has 13 heavy (non-hydrogen) atoms. The Kier molecular flexibility index (Phi) is 1.56. The lowest BCUT2D eigenvalue weighted by Gasteiger charge is -2.16. The Morgan fingerprint density at radius 3 is 2.77 bits per heavy atom. The number of aryl methyl sites for hydroxylation is 1. The predicted octanol–water partition coefficient (Wildman–Crippen LogP) is 2.41. The van der Waals surface area contributed by atoms with Gasteiger partial charge in [-0.3, -0.25) is 0 Å². The number of fused-ring (bicyclic) bond motifs is 1. The normalized spacial score (nSPS) is 18.1. The van der Waals surface area contributed by atoms with Crippen LogP contribution in [-0.4, -0.2) is 10.7 Å². The van der Waals surface area contributed by atoms with Crippen LogP contribution in [0.3, 0.4) is 0 Å². The number of aromatic hydroxyl groups is 1. The summed E-state index contributed by atoms with van der Waals surface area (Å²) in [6, 6.07) is 3.71. The molecule has 1 aromatic rings. The summed E-state index contributed by atoms with van der Waals surface area (Å²) in [5.41, 5.74) is 1.99. The molecule has 2 nitrogen and oxygen atoms in total. The van der Waals surface area contributed by atoms with Crippen molar-refractivity contribution in [1.82, 2.24) is 0 Å². The molecular formula is C11H14O2. The summed E-state index contributed by atoms with van der Waals surface area (Å²) in [5, 5.41) is 9.47. The molecule has 0 saturated heterocycles. The maximum atomic E-state index is 9.47. The van der Waals surface area contributed by atoms with Crippen molar-refractivity contribution in [1.29, 1.82) is 0 Å². The lowest BCUT2D eigenvalue weighted by molar-refractivity contribution is 0.138. The molecule has 0 radical (unpaired) electrons. The van der Waals surface area contributed by atoms with E-state index in [-0.39, 0.29) is 5.60 Å². The van der Waals surface area contributed by atoms with Gasteiger partial charge in [-0.15, -0.1) is 0 Å². The van der Waals surface area contributed by atoms with E-state index in [1.807, 2.05) is 13.0 Å². The highest BCUT2D eigenvalue weighted by Gasteiger charge is 2.30. The van der Waals surface area contributed by atoms with Crippen LogP contribution in [0.25, 0.3) is 0 Å². The third-order valence-electron chi connectivity index (χ3n) is 2.38. The largest absolute Gasteiger partial charge is 0.508 e. The molecule has 1 N–H and O–H groups in total. The molecule has 1 aliphatic heterocycles. The molecule has 1 heterocycles. The Morgan fingerprint density at radius 1 is 1.38 bits per heavy atom. The Hall–Kier alpha value is -1.18. The van der Waals surface area contributed by atoms with E-state index in [2.05, 4.69) is 13.8 Å². The van der Waals surface area contributed by atoms with E-state index in [1.54, 1.807) is 6.07 Å². The SMILES string of the molecule is Cc1cc2c(cc1O)OC(C)(C)C2. The van der Waals surface area contributed by atoms with Crippen molar-refractivity contribution in [2.75, 3.05) is 0 Å². The first-order valence-electron chi connectivity index (χ1n) is 4.49. The standard InChI is InChI=1S/C11H14O2/c1-7-4-8-6-11(2,3)13-10(8)5-9(7)12/h4-5,12H,6H2,1-3H3. The van der Waals surface area contributed by atoms with E-state index in [9.17, 15) is 5.11 Å². The zero-order chi connectivity index (χ0) is 9.64. The fraction of sp³-hybridized carbons (Fsp3) is 0.455. The summed E-state index contributed by atoms with van der Waals surface area (Å²) < 4.78 is 5.67. The van der Waals surface area contributed by atoms with Crippen LogP contribution in [0.15, 0.2) is 12.1 Å². The molecule has 1 aromatic carbocycles. The van der Waals surface area contributed by atoms with Crippen molar-refractivity contribution in [3.8, 4) is 11.5 Å². The predicted molar refractivity (Wildman–Crippen MR) is 51.3 cm³/mol. The first kappa shape index (κ1) is 8.42. The molecule has 0 saturated carbocycles. The van der Waals surface area contributed by atoms with Gasteiger partial charge in [-0.1, -0.05) is 0 Å². The monoisotopic (exact) mass is 178 g/mol. The fourth-order valence-electron chi connectivity index (χ4n) is 1.76. The molecule has 0 aromatic heterocycles. The highest BCUT2D eigenvalue weighted by molar-refractivity contribution is 5.48. The van der Waals surface area contributed by atoms with E-state index in [1.165, 1.54) is 5.56 Å². The molecule has 70 valence electrons. The average Bonchev–Trinajstić information content (AvgIpc) is 2.24. The van der Waals surface area contributed by atoms with E-state index < -0.39 is 0 Å². The van der Waals surface area contributed by atoms with Gasteiger partial charge >= 0.3 is 0 Å². The van der Waals surface area contributed by atoms with Gasteiger partial charge in [-0.25, -0.2) is 0 Å². The third-order valence-corrected chi connectivity index (χ3v) is 2.38. The molecule has 2 rings (SSSR count). The van der Waals surface area contributed by atoms with E-state index in [0.717, 1.165) is 17.7 Å². The smallest absolute Gasteiger partial charge is 0.127 e. The van der Waals surface area contributed by atoms with Gasteiger partial charge in [0.1, 0.15) is 17.1 Å². The van der Waals surface area contributed by atoms with Gasteiger partial charge in [0.05, 0.1) is 0 Å². The number of hydrogen-bond donors (Lipinski definition) is 1. The highest BCUT2D eigenvalue weighted by Crippen LogP contribution is 2.38. The second kappa shape index (κ2) is 2.41. The van der Waals surface area contributed by atoms with Crippen LogP contribution in [-0.2, 0) is 6.42 Å². The molecule has 0 spiro atoms. The van der Waals surface area contributed by atoms with Gasteiger partial charge < -0.3 is 9.84 Å². The quantitative estimate of drug-likeness (QED) is 0.661. The summed E-state index contributed by atoms with van der Waals surface area (Å²) in [4.78, 5) is 0. The molecule has 0 amide bonds. The van der Waals surface area contributed by atoms with E-state index in [0.29, 0.717) is 5.75 Å². The zero-order valence-corrected chi connectivity index (χ0v) is 8.22. The van der Waals surface area contributed by atoms with Gasteiger partial charge in [-0.05, 0) is 38.0 Å². The lowest BCUT2D eigenvalue weighted by Crippen LogP contribution is -2.24. The highest BCUT2D eigenvalue weighted by atomic mass is 16.5. The van der Waals surface area contributed by atoms with Crippen molar-refractivity contribution >= 4 is 0 Å². The summed E-state index contributed by atoms with van der Waals surface area (Å²) in [6.07, 6.45) is 0.920. The van der Waals surface area contributed by atoms with Crippen molar-refractivity contribution in [3.63, 3.8) is 0 Å². The average molecular weight is 178 g/mol. The minimum absolute atomic E-state index is 0.122. The Morgan fingerprint density at radius 2 is 2.08 bits per heavy atom. The van der Waals surface area contributed by atoms with Crippen molar-refractivity contribution in [2.24, 2.45) is 0 Å². The molecular weight excluding hydrogens is 164 g/mol. The number of rotatable bonds is 0. The Balaban J connectivity index is 2.48. The van der Waals surface area contributed by atoms with Crippen LogP contribution < -0.4 is 4.74 Å². The maximum Gasteiger partial charge on any atom is 0.127 e. The second-order valence-corrected chi connectivity index (χ2v) is 4.28. The van der Waals surface area contributed by atoms with E-state index >= 15 is 0 Å². The van der Waals surface area contributed by atoms with Gasteiger partial charge in [-0.2, -0.15) is 0 Å². The van der Waals surface area contributed by atoms with Crippen LogP contribution in [0.1, 0.15) is 25.0 Å². The maximum absolute atomic E-state index is 9.47. The van der Waals surface area contributed by atoms with Gasteiger partial charge in [0.25, 0.3) is 0 Å². The Bertz CT molecular complexity index is 320. The topological polar surface area (TPSA) is 29.5 Å². The van der Waals surface area contributed by atoms with Crippen LogP contribution >= 0.6 is 0 Å². The zero-order valence-electron chi connectivity index (χ0n) is 8.22. The summed E-state index contributed by atoms with van der Waals surface area (Å²) in [5.74, 6) is 1.14. The van der Waals surface area contributed by atoms with Crippen molar-refractivity contribution in [3.05, 3.63) is 23.3 Å². The van der Waals surface area contributed by atoms with Gasteiger partial charge in [0.15, 0.2) is 0 Å². The number of benzene rings is 1. The molecule has 0 unspecified atom stereocenters. The number of ether oxygens (including phenoxy) is 1. The summed E-state index contributed by atoms with van der Waals surface area (Å²) >= 11 is 0. The Labute approximate surface area is 78.2 Å². The van der Waals surface area contributed by atoms with Gasteiger partial charge in [0.2, 0.25) is 0 Å². The first-order valence-corrected chi connectivity index (χ1v) is 4.49. The van der Waals surface area contributed by atoms with Crippen LogP contribution in [0.5, 0.6) is 11.5 Å². The van der Waals surface area contributed by atoms with Crippen LogP contribution in [0, 0.1) is 6.92 Å². The summed E-state index contributed by atoms with van der Waals surface area (Å²) in [7, 11) is 0. The minimum atomic E-state index is -0.122. The fourth-order valence-corrected chi connectivity index (χ4v) is 1.76. The van der Waals surface area contributed by atoms with Gasteiger partial charge in [0, 0.05) is 12.5 Å². The second-order valence-electron chi connectivity index (χ2n) is 4.28. The molecule has 0 aliphatic carbocycles. The van der Waals surface area contributed by atoms with E-state index in [4.69, 9.17) is 4.74 Å². The first-order chi connectivity index (χ1) is 5.98. The number of phenols is 1. The van der Waals surface area contributed by atoms with Crippen molar-refractivity contribution in [2.45, 2.75) is 32.8 Å². The van der Waals surface area contributed by atoms with Crippen LogP contribution in [0.2, 0.25) is 0 Å². The molecule has 0 fully saturated rings. The number of hydrogen-bond acceptors (Lipinski definition) is 2. The number of phenolic OH excluding ortho intramolecular Hbond substituents is 1. The third kappa shape index (κ3) is 1.37. The van der Waals surface area contributed by atoms with Crippen molar-refractivity contribution < 1.29 is 9.84 Å². The molecule has 1 aliphatic rings. The molecule has 0 atom stereocenters. The lowest BCUT2D eigenvalue weighted by atomic mass is 10.0.